The molecule has 0 spiro atoms. The molecule has 20 atom stereocenters. The molecule has 55 heavy (non-hydrogen) atoms. The third-order valence-corrected chi connectivity index (χ3v) is 15.5. The first kappa shape index (κ1) is 44.0. The van der Waals surface area contributed by atoms with Crippen LogP contribution in [-0.4, -0.2) is 148 Å². The number of hydrogen-bond donors (Lipinski definition) is 7. The second-order valence-electron chi connectivity index (χ2n) is 18.5. The van der Waals surface area contributed by atoms with Crippen molar-refractivity contribution in [2.24, 2.45) is 46.3 Å². The number of aliphatic hydroxyl groups excluding tert-OH is 6. The maximum Gasteiger partial charge on any atom is 0.217 e. The van der Waals surface area contributed by atoms with Crippen LogP contribution in [-0.2, 0) is 38.3 Å². The van der Waals surface area contributed by atoms with Crippen LogP contribution >= 0.6 is 0 Å². The van der Waals surface area contributed by atoms with Crippen LogP contribution in [0.15, 0.2) is 0 Å². The maximum absolute atomic E-state index is 12.7. The molecule has 0 amide bonds. The highest BCUT2D eigenvalue weighted by Gasteiger charge is 2.70. The third-order valence-electron chi connectivity index (χ3n) is 15.0. The van der Waals surface area contributed by atoms with E-state index in [0.717, 1.165) is 19.3 Å². The van der Waals surface area contributed by atoms with Crippen molar-refractivity contribution < 1.29 is 76.6 Å². The molecule has 4 aliphatic carbocycles. The normalized spacial score (nSPS) is 50.0. The van der Waals surface area contributed by atoms with Crippen LogP contribution in [0.1, 0.15) is 92.4 Å². The molecule has 0 radical (unpaired) electrons. The lowest BCUT2D eigenvalue weighted by Crippen LogP contribution is -2.68. The Hall–Kier alpha value is -0.610. The monoisotopic (exact) mass is 809 g/mol. The maximum atomic E-state index is 12.7. The molecular formula is C38H65O16S-. The topological polar surface area (TPSA) is 254 Å². The van der Waals surface area contributed by atoms with Gasteiger partial charge in [0.25, 0.3) is 0 Å². The molecule has 7 N–H and O–H groups in total. The average molecular weight is 810 g/mol. The lowest BCUT2D eigenvalue weighted by molar-refractivity contribution is -0.311. The summed E-state index contributed by atoms with van der Waals surface area (Å²) in [6.45, 7) is 9.33. The van der Waals surface area contributed by atoms with Gasteiger partial charge in [0.2, 0.25) is 10.4 Å². The van der Waals surface area contributed by atoms with Gasteiger partial charge in [-0.25, -0.2) is 8.42 Å². The Balaban J connectivity index is 1.15. The fourth-order valence-electron chi connectivity index (χ4n) is 12.3. The summed E-state index contributed by atoms with van der Waals surface area (Å²) < 4.78 is 67.5. The van der Waals surface area contributed by atoms with Gasteiger partial charge in [-0.05, 0) is 91.8 Å². The van der Waals surface area contributed by atoms with E-state index in [0.29, 0.717) is 32.1 Å². The van der Waals surface area contributed by atoms with Crippen LogP contribution in [0.2, 0.25) is 0 Å². The Morgan fingerprint density at radius 2 is 1.56 bits per heavy atom. The number of rotatable bonds is 13. The van der Waals surface area contributed by atoms with Gasteiger partial charge in [-0.2, -0.15) is 0 Å². The molecule has 2 saturated heterocycles. The summed E-state index contributed by atoms with van der Waals surface area (Å²) in [5.74, 6) is -0.515. The first-order valence-corrected chi connectivity index (χ1v) is 21.5. The standard InChI is InChI=1S/C38H66O16S/c1-18(2)26(52-35-32(30(44)27(53-35)17-51-55(46,47)48)54-34-31(49-6)29(43)25(42)16-50-34)8-7-19(3)21-14-23(40)33-37(21,5)12-10-28-36(4)11-9-20(39)13-22(36)24(41)15-38(28,33)45/h18-35,39-45H,7-17H2,1-6H3,(H,46,47,48)/p-1/t19-,20+,21-,22?,23+,24+,25?,26+,27?,28?,29?,30?,31?,32?,33?,34?,35?,36+,37-,38+/m1/s1. The van der Waals surface area contributed by atoms with Crippen molar-refractivity contribution in [1.29, 1.82) is 0 Å². The van der Waals surface area contributed by atoms with Crippen molar-refractivity contribution in [2.75, 3.05) is 20.3 Å². The highest BCUT2D eigenvalue weighted by Crippen LogP contribution is 2.70. The first-order chi connectivity index (χ1) is 25.6. The van der Waals surface area contributed by atoms with Gasteiger partial charge >= 0.3 is 0 Å². The summed E-state index contributed by atoms with van der Waals surface area (Å²) in [5, 5.41) is 78.1. The zero-order chi connectivity index (χ0) is 40.4. The summed E-state index contributed by atoms with van der Waals surface area (Å²) in [4.78, 5) is 0. The Labute approximate surface area is 324 Å². The van der Waals surface area contributed by atoms with Crippen molar-refractivity contribution in [3.8, 4) is 0 Å². The Morgan fingerprint density at radius 1 is 0.873 bits per heavy atom. The van der Waals surface area contributed by atoms with E-state index in [9.17, 15) is 48.7 Å². The van der Waals surface area contributed by atoms with Crippen LogP contribution in [0, 0.1) is 46.3 Å². The molecule has 4 saturated carbocycles. The van der Waals surface area contributed by atoms with E-state index in [2.05, 4.69) is 25.0 Å². The molecule has 16 nitrogen and oxygen atoms in total. The van der Waals surface area contributed by atoms with Crippen molar-refractivity contribution in [1.82, 2.24) is 0 Å². The van der Waals surface area contributed by atoms with E-state index in [1.807, 2.05) is 13.8 Å². The second-order valence-corrected chi connectivity index (χ2v) is 19.6. The molecule has 11 unspecified atom stereocenters. The zero-order valence-corrected chi connectivity index (χ0v) is 33.7. The van der Waals surface area contributed by atoms with E-state index < -0.39 is 108 Å². The molecule has 0 bridgehead atoms. The average Bonchev–Trinajstić information content (AvgIpc) is 3.55. The van der Waals surface area contributed by atoms with E-state index in [1.54, 1.807) is 0 Å². The van der Waals surface area contributed by atoms with Crippen LogP contribution in [0.3, 0.4) is 0 Å². The quantitative estimate of drug-likeness (QED) is 0.0991. The van der Waals surface area contributed by atoms with Crippen molar-refractivity contribution >= 4 is 10.4 Å². The second kappa shape index (κ2) is 16.4. The summed E-state index contributed by atoms with van der Waals surface area (Å²) in [7, 11) is -3.82. The minimum Gasteiger partial charge on any atom is -0.726 e. The molecule has 320 valence electrons. The van der Waals surface area contributed by atoms with Crippen LogP contribution in [0.25, 0.3) is 0 Å². The summed E-state index contributed by atoms with van der Waals surface area (Å²) in [5.41, 5.74) is -1.96. The Morgan fingerprint density at radius 3 is 2.22 bits per heavy atom. The molecule has 0 aromatic heterocycles. The number of aliphatic hydroxyl groups is 7. The fourth-order valence-corrected chi connectivity index (χ4v) is 12.6. The predicted octanol–water partition coefficient (Wildman–Crippen LogP) is 0.561. The van der Waals surface area contributed by atoms with Gasteiger partial charge in [-0.3, -0.25) is 4.18 Å². The van der Waals surface area contributed by atoms with Gasteiger partial charge in [0, 0.05) is 19.4 Å². The molecular weight excluding hydrogens is 744 g/mol. The van der Waals surface area contributed by atoms with Gasteiger partial charge in [0.15, 0.2) is 12.6 Å². The number of fused-ring (bicyclic) bond motifs is 5. The lowest BCUT2D eigenvalue weighted by Gasteiger charge is -2.66. The van der Waals surface area contributed by atoms with Gasteiger partial charge < -0.3 is 64.0 Å². The van der Waals surface area contributed by atoms with E-state index in [4.69, 9.17) is 23.7 Å². The smallest absolute Gasteiger partial charge is 0.217 e. The van der Waals surface area contributed by atoms with Gasteiger partial charge in [-0.15, -0.1) is 0 Å². The van der Waals surface area contributed by atoms with Gasteiger partial charge in [0.1, 0.15) is 36.6 Å². The summed E-state index contributed by atoms with van der Waals surface area (Å²) in [6.07, 6.45) is -7.52. The van der Waals surface area contributed by atoms with Crippen molar-refractivity contribution in [3.63, 3.8) is 0 Å². The Bertz CT molecular complexity index is 1420. The SMILES string of the molecule is COC1C(OC2C(O[C@@H](CC[C@@H](C)[C@H]3C[C@H](O)C4[C@]5(O)C[C@H](O)C6C[C@@H](O)CC[C@]6(C)C5CC[C@@]43C)C(C)C)OC(COS(=O)(=O)[O-])C2O)OCC(O)C1O. The molecule has 6 rings (SSSR count). The van der Waals surface area contributed by atoms with E-state index in [1.165, 1.54) is 7.11 Å². The molecule has 6 fully saturated rings. The zero-order valence-electron chi connectivity index (χ0n) is 32.9. The lowest BCUT2D eigenvalue weighted by atomic mass is 9.42. The van der Waals surface area contributed by atoms with Crippen molar-refractivity contribution in [3.05, 3.63) is 0 Å². The molecule has 2 heterocycles. The molecule has 0 aromatic rings. The van der Waals surface area contributed by atoms with Crippen LogP contribution in [0.5, 0.6) is 0 Å². The number of hydrogen-bond acceptors (Lipinski definition) is 16. The van der Waals surface area contributed by atoms with E-state index in [-0.39, 0.29) is 48.0 Å². The van der Waals surface area contributed by atoms with Crippen molar-refractivity contribution in [2.45, 2.75) is 172 Å². The molecule has 17 heteroatoms. The molecule has 6 aliphatic rings. The molecule has 2 aliphatic heterocycles. The largest absolute Gasteiger partial charge is 0.726 e. The van der Waals surface area contributed by atoms with Crippen LogP contribution in [0.4, 0.5) is 0 Å². The molecule has 0 aromatic carbocycles. The van der Waals surface area contributed by atoms with Gasteiger partial charge in [0.05, 0.1) is 43.2 Å². The van der Waals surface area contributed by atoms with Crippen LogP contribution < -0.4 is 0 Å². The van der Waals surface area contributed by atoms with E-state index >= 15 is 0 Å². The number of ether oxygens (including phenoxy) is 5. The Kier molecular flexibility index (Phi) is 13.1. The minimum absolute atomic E-state index is 0.0635. The highest BCUT2D eigenvalue weighted by molar-refractivity contribution is 7.80. The summed E-state index contributed by atoms with van der Waals surface area (Å²) in [6, 6.07) is 0. The third kappa shape index (κ3) is 8.29. The summed E-state index contributed by atoms with van der Waals surface area (Å²) >= 11 is 0. The predicted molar refractivity (Wildman–Crippen MR) is 191 cm³/mol. The minimum atomic E-state index is -5.11. The fraction of sp³-hybridized carbons (Fsp3) is 1.00. The highest BCUT2D eigenvalue weighted by atomic mass is 32.3. The number of methoxy groups -OCH3 is 1. The first-order valence-electron chi connectivity index (χ1n) is 20.2. The van der Waals surface area contributed by atoms with Gasteiger partial charge in [-0.1, -0.05) is 34.6 Å².